The van der Waals surface area contributed by atoms with Crippen molar-refractivity contribution in [2.24, 2.45) is 0 Å². The van der Waals surface area contributed by atoms with Crippen LogP contribution in [0.2, 0.25) is 0 Å². The second-order valence-electron chi connectivity index (χ2n) is 4.31. The highest BCUT2D eigenvalue weighted by Crippen LogP contribution is 2.02. The van der Waals surface area contributed by atoms with Gasteiger partial charge in [-0.3, -0.25) is 19.7 Å². The summed E-state index contributed by atoms with van der Waals surface area (Å²) in [5.41, 5.74) is 0. The van der Waals surface area contributed by atoms with Gasteiger partial charge in [-0.25, -0.2) is 4.79 Å². The number of carbonyl (C=O) groups is 4. The Kier molecular flexibility index (Phi) is 5.77. The Morgan fingerprint density at radius 2 is 2.05 bits per heavy atom. The number of carboxylic acid groups (broad SMARTS) is 1. The standard InChI is InChI=1S/C11H17N3O5/c15-8-5-4-7(6-12-8)13-11(19)14-9(16)2-1-3-10(17)18/h7H,1-6H2,(H,12,15)(H,17,18)(H2,13,14,16,19). The zero-order valence-electron chi connectivity index (χ0n) is 10.4. The van der Waals surface area contributed by atoms with Gasteiger partial charge in [-0.1, -0.05) is 0 Å². The van der Waals surface area contributed by atoms with Crippen LogP contribution < -0.4 is 16.0 Å². The van der Waals surface area contributed by atoms with Gasteiger partial charge in [-0.05, 0) is 12.8 Å². The second kappa shape index (κ2) is 7.34. The third-order valence-electron chi connectivity index (χ3n) is 2.65. The van der Waals surface area contributed by atoms with Crippen LogP contribution in [0.15, 0.2) is 0 Å². The summed E-state index contributed by atoms with van der Waals surface area (Å²) in [6.45, 7) is 0.347. The molecule has 1 aliphatic heterocycles. The first kappa shape index (κ1) is 14.9. The van der Waals surface area contributed by atoms with Gasteiger partial charge in [0.25, 0.3) is 0 Å². The van der Waals surface area contributed by atoms with Gasteiger partial charge in [0.2, 0.25) is 11.8 Å². The van der Waals surface area contributed by atoms with Gasteiger partial charge in [-0.2, -0.15) is 0 Å². The number of amides is 4. The SMILES string of the molecule is O=C(O)CCCC(=O)NC(=O)NC1CCC(=O)NC1. The van der Waals surface area contributed by atoms with Crippen molar-refractivity contribution in [1.82, 2.24) is 16.0 Å². The number of nitrogens with one attached hydrogen (secondary N) is 3. The molecule has 0 radical (unpaired) electrons. The monoisotopic (exact) mass is 271 g/mol. The molecule has 1 rings (SSSR count). The number of urea groups is 1. The molecule has 1 atom stereocenters. The van der Waals surface area contributed by atoms with Gasteiger partial charge in [-0.15, -0.1) is 0 Å². The topological polar surface area (TPSA) is 125 Å². The van der Waals surface area contributed by atoms with Crippen LogP contribution in [0.5, 0.6) is 0 Å². The van der Waals surface area contributed by atoms with Crippen LogP contribution in [0.4, 0.5) is 4.79 Å². The largest absolute Gasteiger partial charge is 0.481 e. The third-order valence-corrected chi connectivity index (χ3v) is 2.65. The van der Waals surface area contributed by atoms with Crippen molar-refractivity contribution in [3.8, 4) is 0 Å². The van der Waals surface area contributed by atoms with Gasteiger partial charge >= 0.3 is 12.0 Å². The maximum absolute atomic E-state index is 11.4. The Morgan fingerprint density at radius 1 is 1.32 bits per heavy atom. The molecule has 0 aromatic rings. The fraction of sp³-hybridized carbons (Fsp3) is 0.636. The number of hydrogen-bond acceptors (Lipinski definition) is 4. The fourth-order valence-corrected chi connectivity index (χ4v) is 1.67. The first-order valence-corrected chi connectivity index (χ1v) is 6.06. The van der Waals surface area contributed by atoms with E-state index in [0.717, 1.165) is 0 Å². The van der Waals surface area contributed by atoms with E-state index in [4.69, 9.17) is 5.11 Å². The van der Waals surface area contributed by atoms with Crippen LogP contribution in [0.3, 0.4) is 0 Å². The molecule has 8 heteroatoms. The molecule has 1 fully saturated rings. The number of piperidine rings is 1. The molecule has 0 aromatic heterocycles. The minimum atomic E-state index is -0.977. The Bertz CT molecular complexity index is 373. The molecule has 1 unspecified atom stereocenters. The highest BCUT2D eigenvalue weighted by Gasteiger charge is 2.20. The van der Waals surface area contributed by atoms with E-state index in [9.17, 15) is 19.2 Å². The molecule has 0 aromatic carbocycles. The van der Waals surface area contributed by atoms with E-state index >= 15 is 0 Å². The predicted molar refractivity (Wildman–Crippen MR) is 64.2 cm³/mol. The highest BCUT2D eigenvalue weighted by atomic mass is 16.4. The molecule has 0 aliphatic carbocycles. The lowest BCUT2D eigenvalue weighted by molar-refractivity contribution is -0.137. The maximum Gasteiger partial charge on any atom is 0.321 e. The minimum Gasteiger partial charge on any atom is -0.481 e. The molecule has 106 valence electrons. The molecule has 0 spiro atoms. The number of aliphatic carboxylic acids is 1. The van der Waals surface area contributed by atoms with E-state index in [1.165, 1.54) is 0 Å². The zero-order chi connectivity index (χ0) is 14.3. The Balaban J connectivity index is 2.17. The van der Waals surface area contributed by atoms with Gasteiger partial charge in [0.15, 0.2) is 0 Å². The maximum atomic E-state index is 11.4. The van der Waals surface area contributed by atoms with Crippen molar-refractivity contribution in [2.45, 2.75) is 38.1 Å². The van der Waals surface area contributed by atoms with Gasteiger partial charge in [0.05, 0.1) is 0 Å². The number of hydrogen-bond donors (Lipinski definition) is 4. The van der Waals surface area contributed by atoms with Crippen LogP contribution in [0.1, 0.15) is 32.1 Å². The molecule has 19 heavy (non-hydrogen) atoms. The van der Waals surface area contributed by atoms with Crippen molar-refractivity contribution >= 4 is 23.8 Å². The molecule has 4 amide bonds. The van der Waals surface area contributed by atoms with Crippen molar-refractivity contribution < 1.29 is 24.3 Å². The summed E-state index contributed by atoms with van der Waals surface area (Å²) in [5.74, 6) is -1.54. The molecule has 4 N–H and O–H groups in total. The van der Waals surface area contributed by atoms with Crippen molar-refractivity contribution in [3.05, 3.63) is 0 Å². The van der Waals surface area contributed by atoms with Crippen molar-refractivity contribution in [1.29, 1.82) is 0 Å². The molecule has 1 aliphatic rings. The Labute approximate surface area is 109 Å². The molecular formula is C11H17N3O5. The minimum absolute atomic E-state index is 0.0128. The summed E-state index contributed by atoms with van der Waals surface area (Å²) in [5, 5.41) is 15.7. The van der Waals surface area contributed by atoms with E-state index in [-0.39, 0.29) is 31.2 Å². The van der Waals surface area contributed by atoms with Crippen molar-refractivity contribution in [3.63, 3.8) is 0 Å². The average molecular weight is 271 g/mol. The first-order valence-electron chi connectivity index (χ1n) is 6.06. The highest BCUT2D eigenvalue weighted by molar-refractivity contribution is 5.94. The lowest BCUT2D eigenvalue weighted by Gasteiger charge is -2.23. The summed E-state index contributed by atoms with van der Waals surface area (Å²) in [6.07, 6.45) is 0.947. The lowest BCUT2D eigenvalue weighted by atomic mass is 10.1. The first-order chi connectivity index (χ1) is 8.97. The smallest absolute Gasteiger partial charge is 0.321 e. The van der Waals surface area contributed by atoms with Gasteiger partial charge in [0.1, 0.15) is 0 Å². The van der Waals surface area contributed by atoms with Crippen LogP contribution in [0, 0.1) is 0 Å². The third kappa shape index (κ3) is 6.39. The lowest BCUT2D eigenvalue weighted by Crippen LogP contribution is -2.51. The normalized spacial score (nSPS) is 18.3. The number of imide groups is 1. The van der Waals surface area contributed by atoms with E-state index < -0.39 is 17.9 Å². The zero-order valence-corrected chi connectivity index (χ0v) is 10.4. The summed E-state index contributed by atoms with van der Waals surface area (Å²) >= 11 is 0. The summed E-state index contributed by atoms with van der Waals surface area (Å²) in [6, 6.07) is -0.814. The van der Waals surface area contributed by atoms with Gasteiger partial charge < -0.3 is 15.7 Å². The summed E-state index contributed by atoms with van der Waals surface area (Å²) in [4.78, 5) is 43.9. The van der Waals surface area contributed by atoms with Crippen LogP contribution >= 0.6 is 0 Å². The van der Waals surface area contributed by atoms with E-state index in [1.54, 1.807) is 0 Å². The van der Waals surface area contributed by atoms with E-state index in [1.807, 2.05) is 0 Å². The predicted octanol–water partition coefficient (Wildman–Crippen LogP) is -0.654. The number of rotatable bonds is 5. The van der Waals surface area contributed by atoms with Gasteiger partial charge in [0, 0.05) is 31.8 Å². The second-order valence-corrected chi connectivity index (χ2v) is 4.31. The molecule has 0 bridgehead atoms. The molecule has 8 nitrogen and oxygen atoms in total. The molecule has 0 saturated carbocycles. The number of carboxylic acids is 1. The van der Waals surface area contributed by atoms with Crippen LogP contribution in [0.25, 0.3) is 0 Å². The Hall–Kier alpha value is -2.12. The average Bonchev–Trinajstić information content (AvgIpc) is 2.31. The number of carbonyl (C=O) groups excluding carboxylic acids is 3. The van der Waals surface area contributed by atoms with Crippen LogP contribution in [-0.2, 0) is 14.4 Å². The summed E-state index contributed by atoms with van der Waals surface area (Å²) < 4.78 is 0. The Morgan fingerprint density at radius 3 is 2.63 bits per heavy atom. The fourth-order valence-electron chi connectivity index (χ4n) is 1.67. The van der Waals surface area contributed by atoms with Crippen LogP contribution in [-0.4, -0.2) is 41.5 Å². The molecule has 1 saturated heterocycles. The molecular weight excluding hydrogens is 254 g/mol. The summed E-state index contributed by atoms with van der Waals surface area (Å²) in [7, 11) is 0. The van der Waals surface area contributed by atoms with E-state index in [2.05, 4.69) is 16.0 Å². The quantitative estimate of drug-likeness (QED) is 0.528. The van der Waals surface area contributed by atoms with Crippen molar-refractivity contribution in [2.75, 3.05) is 6.54 Å². The molecule has 1 heterocycles. The van der Waals surface area contributed by atoms with E-state index in [0.29, 0.717) is 19.4 Å².